The van der Waals surface area contributed by atoms with E-state index in [-0.39, 0.29) is 0 Å². The van der Waals surface area contributed by atoms with Crippen LogP contribution in [0.15, 0.2) is 23.7 Å². The Labute approximate surface area is 85.8 Å². The van der Waals surface area contributed by atoms with Gasteiger partial charge in [-0.3, -0.25) is 0 Å². The standard InChI is InChI=1S/C9H9ClN2S/c1-12-7(6-11-9(12)10)5-8-3-2-4-13-8/h2-4,6H,5H2,1H3. The Kier molecular flexibility index (Phi) is 2.38. The zero-order chi connectivity index (χ0) is 9.26. The first kappa shape index (κ1) is 8.78. The van der Waals surface area contributed by atoms with Crippen molar-refractivity contribution in [1.82, 2.24) is 9.55 Å². The lowest BCUT2D eigenvalue weighted by Gasteiger charge is -1.99. The van der Waals surface area contributed by atoms with Crippen LogP contribution in [0, 0.1) is 0 Å². The summed E-state index contributed by atoms with van der Waals surface area (Å²) in [5.74, 6) is 0. The van der Waals surface area contributed by atoms with Gasteiger partial charge >= 0.3 is 0 Å². The maximum absolute atomic E-state index is 5.82. The van der Waals surface area contributed by atoms with E-state index in [2.05, 4.69) is 22.5 Å². The van der Waals surface area contributed by atoms with Crippen LogP contribution in [0.4, 0.5) is 0 Å². The van der Waals surface area contributed by atoms with Crippen LogP contribution >= 0.6 is 22.9 Å². The molecule has 0 atom stereocenters. The van der Waals surface area contributed by atoms with Crippen molar-refractivity contribution in [2.24, 2.45) is 7.05 Å². The van der Waals surface area contributed by atoms with E-state index in [9.17, 15) is 0 Å². The molecule has 0 spiro atoms. The van der Waals surface area contributed by atoms with Gasteiger partial charge in [0.25, 0.3) is 0 Å². The fourth-order valence-corrected chi connectivity index (χ4v) is 2.05. The molecular formula is C9H9ClN2S. The fourth-order valence-electron chi connectivity index (χ4n) is 1.18. The van der Waals surface area contributed by atoms with Crippen LogP contribution in [0.1, 0.15) is 10.6 Å². The van der Waals surface area contributed by atoms with Crippen molar-refractivity contribution in [3.63, 3.8) is 0 Å². The molecule has 0 aliphatic heterocycles. The first-order valence-electron chi connectivity index (χ1n) is 3.96. The largest absolute Gasteiger partial charge is 0.322 e. The Morgan fingerprint density at radius 1 is 1.62 bits per heavy atom. The number of hydrogen-bond acceptors (Lipinski definition) is 2. The minimum Gasteiger partial charge on any atom is -0.322 e. The van der Waals surface area contributed by atoms with Crippen LogP contribution in [0.3, 0.4) is 0 Å². The molecule has 2 nitrogen and oxygen atoms in total. The minimum atomic E-state index is 0.548. The van der Waals surface area contributed by atoms with Crippen molar-refractivity contribution >= 4 is 22.9 Å². The molecule has 0 radical (unpaired) electrons. The summed E-state index contributed by atoms with van der Waals surface area (Å²) >= 11 is 7.58. The third-order valence-electron chi connectivity index (χ3n) is 1.96. The fraction of sp³-hybridized carbons (Fsp3) is 0.222. The maximum atomic E-state index is 5.82. The van der Waals surface area contributed by atoms with Crippen LogP contribution < -0.4 is 0 Å². The Bertz CT molecular complexity index is 392. The molecule has 0 unspecified atom stereocenters. The van der Waals surface area contributed by atoms with Gasteiger partial charge in [-0.2, -0.15) is 0 Å². The number of imidazole rings is 1. The molecule has 0 saturated heterocycles. The molecular weight excluding hydrogens is 204 g/mol. The highest BCUT2D eigenvalue weighted by Gasteiger charge is 2.04. The van der Waals surface area contributed by atoms with Gasteiger partial charge in [-0.15, -0.1) is 11.3 Å². The molecule has 0 saturated carbocycles. The molecule has 0 bridgehead atoms. The molecule has 2 rings (SSSR count). The van der Waals surface area contributed by atoms with E-state index in [4.69, 9.17) is 11.6 Å². The van der Waals surface area contributed by atoms with Crippen LogP contribution in [-0.2, 0) is 13.5 Å². The van der Waals surface area contributed by atoms with Crippen LogP contribution in [-0.4, -0.2) is 9.55 Å². The normalized spacial score (nSPS) is 10.6. The van der Waals surface area contributed by atoms with Crippen molar-refractivity contribution in [3.05, 3.63) is 39.6 Å². The van der Waals surface area contributed by atoms with Crippen molar-refractivity contribution in [2.75, 3.05) is 0 Å². The molecule has 0 amide bonds. The maximum Gasteiger partial charge on any atom is 0.202 e. The average Bonchev–Trinajstić information content (AvgIpc) is 2.71. The molecule has 0 aliphatic carbocycles. The Morgan fingerprint density at radius 3 is 3.00 bits per heavy atom. The Morgan fingerprint density at radius 2 is 2.46 bits per heavy atom. The third-order valence-corrected chi connectivity index (χ3v) is 3.19. The zero-order valence-electron chi connectivity index (χ0n) is 7.20. The molecule has 2 aromatic heterocycles. The average molecular weight is 213 g/mol. The van der Waals surface area contributed by atoms with Gasteiger partial charge in [-0.05, 0) is 23.0 Å². The number of halogens is 1. The Balaban J connectivity index is 2.24. The predicted octanol–water partition coefficient (Wildman–Crippen LogP) is 2.73. The summed E-state index contributed by atoms with van der Waals surface area (Å²) in [5.41, 5.74) is 1.15. The van der Waals surface area contributed by atoms with E-state index >= 15 is 0 Å². The lowest BCUT2D eigenvalue weighted by molar-refractivity contribution is 0.850. The SMILES string of the molecule is Cn1c(Cc2cccs2)cnc1Cl. The van der Waals surface area contributed by atoms with Crippen LogP contribution in [0.25, 0.3) is 0 Å². The second-order valence-electron chi connectivity index (χ2n) is 2.83. The lowest BCUT2D eigenvalue weighted by atomic mass is 10.3. The summed E-state index contributed by atoms with van der Waals surface area (Å²) in [4.78, 5) is 5.36. The molecule has 68 valence electrons. The van der Waals surface area contributed by atoms with Gasteiger partial charge in [0.05, 0.1) is 6.20 Å². The number of hydrogen-bond donors (Lipinski definition) is 0. The number of thiophene rings is 1. The Hall–Kier alpha value is -0.800. The zero-order valence-corrected chi connectivity index (χ0v) is 8.77. The highest BCUT2D eigenvalue weighted by Crippen LogP contribution is 2.16. The molecule has 0 N–H and O–H groups in total. The van der Waals surface area contributed by atoms with E-state index < -0.39 is 0 Å². The van der Waals surface area contributed by atoms with Crippen LogP contribution in [0.5, 0.6) is 0 Å². The van der Waals surface area contributed by atoms with Gasteiger partial charge in [-0.1, -0.05) is 6.07 Å². The molecule has 13 heavy (non-hydrogen) atoms. The van der Waals surface area contributed by atoms with Gasteiger partial charge in [0.1, 0.15) is 0 Å². The van der Waals surface area contributed by atoms with Gasteiger partial charge in [-0.25, -0.2) is 4.98 Å². The molecule has 0 aromatic carbocycles. The van der Waals surface area contributed by atoms with Gasteiger partial charge in [0, 0.05) is 24.0 Å². The molecule has 2 aromatic rings. The molecule has 2 heterocycles. The quantitative estimate of drug-likeness (QED) is 0.749. The summed E-state index contributed by atoms with van der Waals surface area (Å²) in [6, 6.07) is 4.17. The van der Waals surface area contributed by atoms with Crippen LogP contribution in [0.2, 0.25) is 5.28 Å². The van der Waals surface area contributed by atoms with Crippen molar-refractivity contribution in [2.45, 2.75) is 6.42 Å². The van der Waals surface area contributed by atoms with Gasteiger partial charge in [0.2, 0.25) is 5.28 Å². The summed E-state index contributed by atoms with van der Waals surface area (Å²) in [6.45, 7) is 0. The highest BCUT2D eigenvalue weighted by molar-refractivity contribution is 7.09. The first-order chi connectivity index (χ1) is 6.27. The first-order valence-corrected chi connectivity index (χ1v) is 5.21. The summed E-state index contributed by atoms with van der Waals surface area (Å²) in [5, 5.41) is 2.62. The summed E-state index contributed by atoms with van der Waals surface area (Å²) in [6.07, 6.45) is 2.73. The second kappa shape index (κ2) is 3.52. The second-order valence-corrected chi connectivity index (χ2v) is 4.20. The van der Waals surface area contributed by atoms with E-state index in [1.54, 1.807) is 11.3 Å². The number of aromatic nitrogens is 2. The lowest BCUT2D eigenvalue weighted by Crippen LogP contribution is -1.95. The van der Waals surface area contributed by atoms with Crippen molar-refractivity contribution < 1.29 is 0 Å². The third kappa shape index (κ3) is 1.76. The molecule has 0 aliphatic rings. The van der Waals surface area contributed by atoms with E-state index in [0.717, 1.165) is 12.1 Å². The van der Waals surface area contributed by atoms with E-state index in [0.29, 0.717) is 5.28 Å². The topological polar surface area (TPSA) is 17.8 Å². The highest BCUT2D eigenvalue weighted by atomic mass is 35.5. The predicted molar refractivity (Wildman–Crippen MR) is 55.3 cm³/mol. The van der Waals surface area contributed by atoms with Crippen molar-refractivity contribution in [3.8, 4) is 0 Å². The number of rotatable bonds is 2. The van der Waals surface area contributed by atoms with Crippen molar-refractivity contribution in [1.29, 1.82) is 0 Å². The minimum absolute atomic E-state index is 0.548. The summed E-state index contributed by atoms with van der Waals surface area (Å²) in [7, 11) is 1.93. The van der Waals surface area contributed by atoms with Gasteiger partial charge < -0.3 is 4.57 Å². The number of nitrogens with zero attached hydrogens (tertiary/aromatic N) is 2. The molecule has 4 heteroatoms. The van der Waals surface area contributed by atoms with Gasteiger partial charge in [0.15, 0.2) is 0 Å². The summed E-state index contributed by atoms with van der Waals surface area (Å²) < 4.78 is 1.90. The van der Waals surface area contributed by atoms with E-state index in [1.807, 2.05) is 17.8 Å². The van der Waals surface area contributed by atoms with E-state index in [1.165, 1.54) is 4.88 Å². The monoisotopic (exact) mass is 212 g/mol. The smallest absolute Gasteiger partial charge is 0.202 e. The molecule has 0 fully saturated rings.